The maximum Gasteiger partial charge on any atom is 0.187 e. The van der Waals surface area contributed by atoms with E-state index < -0.39 is 61.4 Å². The summed E-state index contributed by atoms with van der Waals surface area (Å²) in [6, 6.07) is 70.4. The number of hydrogen-bond acceptors (Lipinski definition) is 11. The average Bonchev–Trinajstić information content (AvgIpc) is 3.45. The second-order valence-corrected chi connectivity index (χ2v) is 18.2. The topological polar surface area (TPSA) is 102 Å². The van der Waals surface area contributed by atoms with E-state index in [1.807, 2.05) is 212 Å². The number of benzene rings is 7. The first-order chi connectivity index (χ1) is 36.2. The Labute approximate surface area is 429 Å². The molecule has 0 bridgehead atoms. The first-order valence-corrected chi connectivity index (χ1v) is 25.2. The minimum atomic E-state index is -1.09. The molecule has 2 heterocycles. The minimum Gasteiger partial charge on any atom is -0.374 e. The van der Waals surface area contributed by atoms with Crippen LogP contribution in [0.2, 0.25) is 0 Å². The maximum atomic E-state index is 7.55. The fourth-order valence-corrected chi connectivity index (χ4v) is 9.15. The molecule has 7 aromatic carbocycles. The normalized spacial score (nSPS) is 24.0. The van der Waals surface area contributed by atoms with Gasteiger partial charge in [-0.3, -0.25) is 0 Å². The first kappa shape index (κ1) is 52.0. The lowest BCUT2D eigenvalue weighted by Crippen LogP contribution is -2.66. The van der Waals surface area contributed by atoms with Crippen molar-refractivity contribution in [1.82, 2.24) is 0 Å². The van der Waals surface area contributed by atoms with Gasteiger partial charge < -0.3 is 52.1 Å². The number of hydrogen-bond donors (Lipinski definition) is 0. The summed E-state index contributed by atoms with van der Waals surface area (Å²) < 4.78 is 75.9. The molecule has 11 heteroatoms. The highest BCUT2D eigenvalue weighted by Gasteiger charge is 2.54. The Balaban J connectivity index is 1.11. The molecule has 7 aromatic rings. The van der Waals surface area contributed by atoms with Crippen molar-refractivity contribution >= 4 is 0 Å². The summed E-state index contributed by atoms with van der Waals surface area (Å²) in [5, 5.41) is 0. The van der Waals surface area contributed by atoms with E-state index in [-0.39, 0.29) is 46.2 Å². The van der Waals surface area contributed by atoms with E-state index in [2.05, 4.69) is 0 Å². The highest BCUT2D eigenvalue weighted by molar-refractivity contribution is 5.19. The van der Waals surface area contributed by atoms with Crippen molar-refractivity contribution in [1.29, 1.82) is 0 Å². The van der Waals surface area contributed by atoms with E-state index in [1.165, 1.54) is 0 Å². The largest absolute Gasteiger partial charge is 0.374 e. The average molecular weight is 987 g/mol. The standard InChI is InChI=1S/C62H66O11/c1-63-61-60(70-43-52-35-21-8-22-36-52)58(56(67-40-49-29-15-5-16-30-49)54(71-61)45-65-38-47-25-11-3-12-26-47)73-62-59(69-42-51-33-19-7-20-34-51)57(68-41-50-31-17-6-18-32-50)55(66-39-48-27-13-4-14-28-48)53(72-62)44-64-37-46-23-9-2-10-24-46/h2-36,53-62H,37-45H2,1H3/t53-,54-,55-,56-,57+,58+,59-,60-,61+,62+/m1/s1. The van der Waals surface area contributed by atoms with Crippen LogP contribution >= 0.6 is 0 Å². The Bertz CT molecular complexity index is 2560. The number of rotatable bonds is 26. The van der Waals surface area contributed by atoms with Crippen LogP contribution in [0.5, 0.6) is 0 Å². The molecule has 9 rings (SSSR count). The molecule has 0 spiro atoms. The van der Waals surface area contributed by atoms with Crippen molar-refractivity contribution in [3.63, 3.8) is 0 Å². The van der Waals surface area contributed by atoms with E-state index in [0.717, 1.165) is 38.9 Å². The Morgan fingerprint density at radius 1 is 0.288 bits per heavy atom. The van der Waals surface area contributed by atoms with Gasteiger partial charge in [-0.25, -0.2) is 0 Å². The van der Waals surface area contributed by atoms with E-state index in [1.54, 1.807) is 7.11 Å². The van der Waals surface area contributed by atoms with E-state index in [9.17, 15) is 0 Å². The monoisotopic (exact) mass is 986 g/mol. The van der Waals surface area contributed by atoms with Gasteiger partial charge in [0.15, 0.2) is 12.6 Å². The molecule has 0 amide bonds. The van der Waals surface area contributed by atoms with Gasteiger partial charge in [-0.15, -0.1) is 0 Å². The van der Waals surface area contributed by atoms with Gasteiger partial charge in [-0.2, -0.15) is 0 Å². The van der Waals surface area contributed by atoms with Gasteiger partial charge in [0.05, 0.1) is 59.5 Å². The van der Waals surface area contributed by atoms with Crippen LogP contribution in [0.25, 0.3) is 0 Å². The number of ether oxygens (including phenoxy) is 11. The van der Waals surface area contributed by atoms with Gasteiger partial charge in [0.2, 0.25) is 0 Å². The Morgan fingerprint density at radius 2 is 0.548 bits per heavy atom. The lowest BCUT2D eigenvalue weighted by molar-refractivity contribution is -0.377. The van der Waals surface area contributed by atoms with Crippen molar-refractivity contribution < 1.29 is 52.1 Å². The first-order valence-electron chi connectivity index (χ1n) is 25.2. The molecule has 0 unspecified atom stereocenters. The van der Waals surface area contributed by atoms with Crippen molar-refractivity contribution in [2.75, 3.05) is 20.3 Å². The molecule has 10 atom stereocenters. The third-order valence-corrected chi connectivity index (χ3v) is 12.9. The van der Waals surface area contributed by atoms with E-state index >= 15 is 0 Å². The van der Waals surface area contributed by atoms with Gasteiger partial charge >= 0.3 is 0 Å². The predicted molar refractivity (Wildman–Crippen MR) is 276 cm³/mol. The van der Waals surface area contributed by atoms with Gasteiger partial charge in [0.1, 0.15) is 48.8 Å². The van der Waals surface area contributed by atoms with Crippen molar-refractivity contribution in [3.05, 3.63) is 251 Å². The molecular weight excluding hydrogens is 921 g/mol. The summed E-state index contributed by atoms with van der Waals surface area (Å²) in [7, 11) is 1.61. The molecule has 2 fully saturated rings. The van der Waals surface area contributed by atoms with Crippen LogP contribution in [-0.2, 0) is 98.4 Å². The zero-order valence-electron chi connectivity index (χ0n) is 41.3. The summed E-state index contributed by atoms with van der Waals surface area (Å²) in [6.07, 6.45) is -8.16. The van der Waals surface area contributed by atoms with Crippen LogP contribution in [0, 0.1) is 0 Å². The Hall–Kier alpha value is -5.90. The van der Waals surface area contributed by atoms with Crippen LogP contribution in [0.1, 0.15) is 38.9 Å². The summed E-state index contributed by atoms with van der Waals surface area (Å²) >= 11 is 0. The summed E-state index contributed by atoms with van der Waals surface area (Å²) in [5.41, 5.74) is 6.95. The molecule has 2 saturated heterocycles. The molecule has 380 valence electrons. The van der Waals surface area contributed by atoms with Crippen LogP contribution in [0.4, 0.5) is 0 Å². The van der Waals surface area contributed by atoms with Crippen molar-refractivity contribution in [2.24, 2.45) is 0 Å². The maximum absolute atomic E-state index is 7.55. The highest BCUT2D eigenvalue weighted by Crippen LogP contribution is 2.37. The minimum absolute atomic E-state index is 0.150. The molecule has 0 N–H and O–H groups in total. The van der Waals surface area contributed by atoms with Gasteiger partial charge in [0, 0.05) is 7.11 Å². The highest BCUT2D eigenvalue weighted by atomic mass is 16.8. The molecule has 11 nitrogen and oxygen atoms in total. The van der Waals surface area contributed by atoms with Crippen molar-refractivity contribution in [2.45, 2.75) is 108 Å². The van der Waals surface area contributed by atoms with Crippen LogP contribution in [-0.4, -0.2) is 81.7 Å². The molecule has 0 radical (unpaired) electrons. The molecule has 0 saturated carbocycles. The van der Waals surface area contributed by atoms with Crippen LogP contribution < -0.4 is 0 Å². The van der Waals surface area contributed by atoms with Gasteiger partial charge in [-0.05, 0) is 38.9 Å². The predicted octanol–water partition coefficient (Wildman–Crippen LogP) is 10.8. The third kappa shape index (κ3) is 15.3. The van der Waals surface area contributed by atoms with Crippen LogP contribution in [0.3, 0.4) is 0 Å². The fourth-order valence-electron chi connectivity index (χ4n) is 9.15. The van der Waals surface area contributed by atoms with Gasteiger partial charge in [-0.1, -0.05) is 212 Å². The Morgan fingerprint density at radius 3 is 0.877 bits per heavy atom. The molecule has 0 aromatic heterocycles. The number of methoxy groups -OCH3 is 1. The summed E-state index contributed by atoms with van der Waals surface area (Å²) in [5.74, 6) is 0. The second kappa shape index (κ2) is 28.0. The van der Waals surface area contributed by atoms with E-state index in [0.29, 0.717) is 13.2 Å². The zero-order valence-corrected chi connectivity index (χ0v) is 41.3. The molecule has 73 heavy (non-hydrogen) atoms. The molecule has 0 aliphatic carbocycles. The van der Waals surface area contributed by atoms with E-state index in [4.69, 9.17) is 52.1 Å². The quantitative estimate of drug-likeness (QED) is 0.0518. The summed E-state index contributed by atoms with van der Waals surface area (Å²) in [4.78, 5) is 0. The van der Waals surface area contributed by atoms with Gasteiger partial charge in [0.25, 0.3) is 0 Å². The SMILES string of the molecule is CO[C@H]1O[C@H](COCc2ccccc2)[C@@H](OCc2ccccc2)[C@H](O[C@@H]2O[C@H](COCc3ccccc3)[C@@H](OCc3ccccc3)[C@H](OCc3ccccc3)[C@H]2OCc2ccccc2)[C@H]1OCc1ccccc1. The Kier molecular flexibility index (Phi) is 19.9. The lowest BCUT2D eigenvalue weighted by Gasteiger charge is -2.50. The molecular formula is C62H66O11. The molecule has 2 aliphatic rings. The molecule has 2 aliphatic heterocycles. The van der Waals surface area contributed by atoms with Crippen molar-refractivity contribution in [3.8, 4) is 0 Å². The fraction of sp³-hybridized carbons (Fsp3) is 0.323. The third-order valence-electron chi connectivity index (χ3n) is 12.9. The summed E-state index contributed by atoms with van der Waals surface area (Å²) in [6.45, 7) is 2.30. The lowest BCUT2D eigenvalue weighted by atomic mass is 9.95. The second-order valence-electron chi connectivity index (χ2n) is 18.2. The van der Waals surface area contributed by atoms with Crippen LogP contribution in [0.15, 0.2) is 212 Å². The zero-order chi connectivity index (χ0) is 49.7. The smallest absolute Gasteiger partial charge is 0.187 e.